The number of nitrogens with zero attached hydrogens (tertiary/aromatic N) is 9. The number of H-pyrrole nitrogens is 1. The zero-order chi connectivity index (χ0) is 49.2. The molecule has 11 rings (SSSR count). The quantitative estimate of drug-likeness (QED) is 0.154. The first-order valence-electron chi connectivity index (χ1n) is 23.5. The van der Waals surface area contributed by atoms with Gasteiger partial charge in [0.1, 0.15) is 26.8 Å². The molecule has 0 aliphatic carbocycles. The van der Waals surface area contributed by atoms with Crippen LogP contribution in [0.1, 0.15) is 85.2 Å². The molecule has 1 N–H and O–H groups in total. The van der Waals surface area contributed by atoms with E-state index in [2.05, 4.69) is 31.7 Å². The number of anilines is 2. The predicted molar refractivity (Wildman–Crippen MR) is 281 cm³/mol. The molecule has 0 bridgehead atoms. The summed E-state index contributed by atoms with van der Waals surface area (Å²) in [4.78, 5) is 35.7. The van der Waals surface area contributed by atoms with Crippen LogP contribution in [-0.2, 0) is 48.7 Å². The van der Waals surface area contributed by atoms with Gasteiger partial charge in [0.2, 0.25) is 0 Å². The summed E-state index contributed by atoms with van der Waals surface area (Å²) in [5.41, 5.74) is 4.38. The Bertz CT molecular complexity index is 3480. The second-order valence-electron chi connectivity index (χ2n) is 19.0. The van der Waals surface area contributed by atoms with Crippen LogP contribution in [-0.4, -0.2) is 127 Å². The van der Waals surface area contributed by atoms with Crippen LogP contribution in [0.4, 0.5) is 11.6 Å². The maximum Gasteiger partial charge on any atom is 0.269 e. The minimum absolute atomic E-state index is 0. The normalized spacial score (nSPS) is 23.8. The molecule has 10 heterocycles. The molecular weight excluding hydrogens is 977 g/mol. The molecule has 2 unspecified atom stereocenters. The van der Waals surface area contributed by atoms with Crippen LogP contribution in [0, 0.1) is 6.92 Å². The third kappa shape index (κ3) is 9.15. The van der Waals surface area contributed by atoms with Crippen LogP contribution in [0.15, 0.2) is 90.3 Å². The number of nitrogens with one attached hydrogen (secondary N) is 1. The van der Waals surface area contributed by atoms with E-state index >= 15 is 0 Å². The van der Waals surface area contributed by atoms with Crippen LogP contribution in [0.3, 0.4) is 0 Å². The molecule has 4 atom stereocenters. The number of benzene rings is 1. The summed E-state index contributed by atoms with van der Waals surface area (Å²) in [6.07, 6.45) is 8.82. The van der Waals surface area contributed by atoms with E-state index in [4.69, 9.17) is 29.4 Å². The van der Waals surface area contributed by atoms with Crippen LogP contribution in [0.25, 0.3) is 44.8 Å². The summed E-state index contributed by atoms with van der Waals surface area (Å²) in [5.74, 6) is 2.53. The number of rotatable bonds is 8. The molecule has 4 saturated heterocycles. The Labute approximate surface area is 422 Å². The molecule has 4 aliphatic rings. The fourth-order valence-electron chi connectivity index (χ4n) is 10.00. The molecule has 0 amide bonds. The number of morpholine rings is 2. The van der Waals surface area contributed by atoms with Crippen molar-refractivity contribution in [2.75, 3.05) is 60.8 Å². The van der Waals surface area contributed by atoms with Gasteiger partial charge in [-0.25, -0.2) is 59.1 Å². The summed E-state index contributed by atoms with van der Waals surface area (Å²) in [7, 11) is -10.6. The first kappa shape index (κ1) is 52.5. The van der Waals surface area contributed by atoms with E-state index < -0.39 is 39.2 Å². The van der Waals surface area contributed by atoms with E-state index in [1.807, 2.05) is 38.2 Å². The highest BCUT2D eigenvalue weighted by molar-refractivity contribution is 7.93. The van der Waals surface area contributed by atoms with Gasteiger partial charge in [-0.15, -0.1) is 0 Å². The Morgan fingerprint density at radius 2 is 1.19 bits per heavy atom. The number of aromatic nitrogens is 8. The van der Waals surface area contributed by atoms with Gasteiger partial charge in [-0.3, -0.25) is 0 Å². The second-order valence-corrected chi connectivity index (χ2v) is 25.9. The van der Waals surface area contributed by atoms with Crippen LogP contribution in [0.2, 0.25) is 0 Å². The van der Waals surface area contributed by atoms with Crippen molar-refractivity contribution in [3.05, 3.63) is 102 Å². The Morgan fingerprint density at radius 1 is 0.681 bits per heavy atom. The zero-order valence-electron chi connectivity index (χ0n) is 39.7. The van der Waals surface area contributed by atoms with Gasteiger partial charge in [-0.2, -0.15) is 0 Å². The molecule has 18 nitrogen and oxygen atoms in total. The Morgan fingerprint density at radius 3 is 1.69 bits per heavy atom. The Kier molecular flexibility index (Phi) is 14.5. The largest absolute Gasteiger partial charge is 0.377 e. The number of sulfone groups is 2. The third-order valence-corrected chi connectivity index (χ3v) is 21.3. The average molecular weight is 1040 g/mol. The fourth-order valence-corrected chi connectivity index (χ4v) is 15.0. The molecule has 4 fully saturated rings. The summed E-state index contributed by atoms with van der Waals surface area (Å²) < 4.78 is 89.5. The predicted octanol–water partition coefficient (Wildman–Crippen LogP) is 7.63. The van der Waals surface area contributed by atoms with Crippen molar-refractivity contribution in [1.29, 1.82) is 0 Å². The molecule has 4 aliphatic heterocycles. The monoisotopic (exact) mass is 1040 g/mol. The van der Waals surface area contributed by atoms with Gasteiger partial charge in [-0.05, 0) is 96.7 Å². The number of pyridine rings is 2. The molecule has 384 valence electrons. The minimum Gasteiger partial charge on any atom is -0.377 e. The lowest BCUT2D eigenvalue weighted by atomic mass is 10.0. The van der Waals surface area contributed by atoms with Crippen molar-refractivity contribution in [3.8, 4) is 22.8 Å². The topological polar surface area (TPSA) is 225 Å². The molecule has 0 radical (unpaired) electrons. The summed E-state index contributed by atoms with van der Waals surface area (Å²) in [6, 6.07) is 17.7. The lowest BCUT2D eigenvalue weighted by Gasteiger charge is -2.35. The van der Waals surface area contributed by atoms with Gasteiger partial charge < -0.3 is 24.3 Å². The number of aromatic amines is 1. The van der Waals surface area contributed by atoms with E-state index in [0.29, 0.717) is 105 Å². The van der Waals surface area contributed by atoms with E-state index in [-0.39, 0.29) is 49.0 Å². The Hall–Kier alpha value is -5.87. The summed E-state index contributed by atoms with van der Waals surface area (Å²) >= 11 is 0. The average Bonchev–Trinajstić information content (AvgIpc) is 4.14. The van der Waals surface area contributed by atoms with Crippen molar-refractivity contribution in [3.63, 3.8) is 0 Å². The van der Waals surface area contributed by atoms with Gasteiger partial charge in [0, 0.05) is 71.9 Å². The first-order chi connectivity index (χ1) is 33.4. The maximum atomic E-state index is 13.5. The van der Waals surface area contributed by atoms with Gasteiger partial charge in [-0.1, -0.05) is 32.5 Å². The number of hydrogen-bond donors (Lipinski definition) is 1. The number of fused-ring (bicyclic) bond motifs is 2. The standard InChI is InChI=1S/C28H31N5O5S2.C21H25N5O3S.2CH4/c1-19-5-7-21(8-6-19)40(36,37)33-13-10-23-22(9-12-29-27(23)33)26-30-24(28(3)11-4-16-39(28,34)35)17-25(31-26)32-14-15-38-18-20(32)2;1-14-13-29-10-9-26(14)18-12-17(21(2)6-3-11-30(21,27)28)24-20(25-18)16-5-8-23-19-15(16)4-7-22-19;;/h5-10,12-13,17,20H,4,11,14-16,18H2,1-3H3;4-5,7-8,12,14H,3,6,9-11,13H2,1-2H3,(H,22,23);2*1H4/t20-,28?;14-,21?;;/m11../s1. The molecule has 6 aromatic heterocycles. The van der Waals surface area contributed by atoms with Crippen molar-refractivity contribution in [2.45, 2.75) is 102 Å². The third-order valence-electron chi connectivity index (χ3n) is 14.4. The van der Waals surface area contributed by atoms with E-state index in [1.165, 1.54) is 12.4 Å². The van der Waals surface area contributed by atoms with Gasteiger partial charge in [0.05, 0.1) is 66.3 Å². The van der Waals surface area contributed by atoms with E-state index in [1.54, 1.807) is 62.5 Å². The van der Waals surface area contributed by atoms with E-state index in [9.17, 15) is 25.3 Å². The molecular formula is C51H64N10O8S3. The van der Waals surface area contributed by atoms with Crippen LogP contribution >= 0.6 is 0 Å². The molecule has 72 heavy (non-hydrogen) atoms. The first-order valence-corrected chi connectivity index (χ1v) is 28.3. The number of hydrogen-bond acceptors (Lipinski definition) is 16. The van der Waals surface area contributed by atoms with Crippen molar-refractivity contribution in [2.24, 2.45) is 0 Å². The maximum absolute atomic E-state index is 13.5. The molecule has 7 aromatic rings. The lowest BCUT2D eigenvalue weighted by molar-refractivity contribution is 0.0985. The minimum atomic E-state index is -3.91. The fraction of sp³-hybridized carbons (Fsp3) is 0.451. The molecule has 21 heteroatoms. The molecule has 1 aromatic carbocycles. The van der Waals surface area contributed by atoms with Crippen LogP contribution < -0.4 is 9.80 Å². The molecule has 0 saturated carbocycles. The van der Waals surface area contributed by atoms with Gasteiger partial charge in [0.15, 0.2) is 37.0 Å². The van der Waals surface area contributed by atoms with Gasteiger partial charge in [0.25, 0.3) is 10.0 Å². The van der Waals surface area contributed by atoms with Crippen molar-refractivity contribution in [1.82, 2.24) is 38.9 Å². The summed E-state index contributed by atoms with van der Waals surface area (Å²) in [5, 5.41) is 1.46. The number of aryl methyl sites for hydroxylation is 1. The van der Waals surface area contributed by atoms with E-state index in [0.717, 1.165) is 32.0 Å². The Balaban J connectivity index is 0.000000194. The van der Waals surface area contributed by atoms with Crippen molar-refractivity contribution >= 4 is 63.4 Å². The second kappa shape index (κ2) is 19.9. The number of ether oxygens (including phenoxy) is 2. The highest BCUT2D eigenvalue weighted by Crippen LogP contribution is 2.44. The lowest BCUT2D eigenvalue weighted by Crippen LogP contribution is -2.44. The zero-order valence-corrected chi connectivity index (χ0v) is 42.2. The highest BCUT2D eigenvalue weighted by Gasteiger charge is 2.48. The van der Waals surface area contributed by atoms with Crippen molar-refractivity contribution < 1.29 is 34.7 Å². The van der Waals surface area contributed by atoms with Gasteiger partial charge >= 0.3 is 0 Å². The van der Waals surface area contributed by atoms with Crippen LogP contribution in [0.5, 0.6) is 0 Å². The smallest absolute Gasteiger partial charge is 0.269 e. The molecule has 0 spiro atoms. The SMILES string of the molecule is C.C.C[C@@H]1COCCN1c1cc(C2(C)CCCS2(=O)=O)nc(-c2ccnc3[nH]ccc23)n1.Cc1ccc(S(=O)(=O)n2ccc3c(-c4nc(N5CCOC[C@H]5C)cc(C5(C)CCCS5(=O)=O)n4)ccnc32)cc1. The summed E-state index contributed by atoms with van der Waals surface area (Å²) in [6.45, 7) is 13.2. The highest BCUT2D eigenvalue weighted by atomic mass is 32.2.